The van der Waals surface area contributed by atoms with Crippen LogP contribution in [0.3, 0.4) is 0 Å². The van der Waals surface area contributed by atoms with E-state index in [-0.39, 0.29) is 6.04 Å². The van der Waals surface area contributed by atoms with Crippen molar-refractivity contribution in [1.82, 2.24) is 5.32 Å². The molecule has 0 saturated carbocycles. The van der Waals surface area contributed by atoms with Gasteiger partial charge in [-0.1, -0.05) is 0 Å². The van der Waals surface area contributed by atoms with Crippen molar-refractivity contribution in [3.63, 3.8) is 0 Å². The van der Waals surface area contributed by atoms with Crippen molar-refractivity contribution in [3.05, 3.63) is 0 Å². The van der Waals surface area contributed by atoms with Crippen LogP contribution in [0.25, 0.3) is 0 Å². The third kappa shape index (κ3) is 4.44. The molecule has 1 amide bonds. The summed E-state index contributed by atoms with van der Waals surface area (Å²) < 4.78 is 4.61. The summed E-state index contributed by atoms with van der Waals surface area (Å²) in [6.45, 7) is 3.95. The highest BCUT2D eigenvalue weighted by Gasteiger charge is 2.04. The lowest BCUT2D eigenvalue weighted by molar-refractivity contribution is 0.149. The molecule has 0 aromatic heterocycles. The molecule has 0 rings (SSSR count). The third-order valence-electron chi connectivity index (χ3n) is 0.871. The molecule has 60 valence electrons. The third-order valence-corrected chi connectivity index (χ3v) is 1.33. The van der Waals surface area contributed by atoms with E-state index >= 15 is 0 Å². The van der Waals surface area contributed by atoms with Gasteiger partial charge < -0.3 is 10.1 Å². The monoisotopic (exact) mass is 165 g/mol. The van der Waals surface area contributed by atoms with Crippen molar-refractivity contribution in [1.29, 1.82) is 0 Å². The number of ether oxygens (including phenoxy) is 1. The number of alkyl halides is 1. The van der Waals surface area contributed by atoms with Gasteiger partial charge in [0, 0.05) is 11.9 Å². The molecule has 0 aliphatic carbocycles. The number of hydrogen-bond acceptors (Lipinski definition) is 2. The van der Waals surface area contributed by atoms with Crippen LogP contribution in [0.15, 0.2) is 0 Å². The Bertz CT molecular complexity index is 108. The Morgan fingerprint density at radius 2 is 2.40 bits per heavy atom. The van der Waals surface area contributed by atoms with Gasteiger partial charge in [-0.15, -0.1) is 11.6 Å². The van der Waals surface area contributed by atoms with E-state index in [1.165, 1.54) is 0 Å². The molecule has 0 aromatic rings. The Kier molecular flexibility index (Phi) is 5.12. The van der Waals surface area contributed by atoms with E-state index < -0.39 is 6.09 Å². The van der Waals surface area contributed by atoms with E-state index in [0.717, 1.165) is 0 Å². The second kappa shape index (κ2) is 5.35. The molecule has 0 saturated heterocycles. The van der Waals surface area contributed by atoms with Gasteiger partial charge in [0.2, 0.25) is 0 Å². The molecule has 1 atom stereocenters. The lowest BCUT2D eigenvalue weighted by atomic mass is 10.4. The predicted octanol–water partition coefficient (Wildman–Crippen LogP) is 1.36. The molecule has 3 nitrogen and oxygen atoms in total. The molecule has 1 unspecified atom stereocenters. The van der Waals surface area contributed by atoms with Crippen LogP contribution in [-0.4, -0.2) is 24.6 Å². The number of amides is 1. The normalized spacial score (nSPS) is 12.3. The van der Waals surface area contributed by atoms with Gasteiger partial charge in [0.25, 0.3) is 0 Å². The molecule has 0 aliphatic rings. The maximum atomic E-state index is 10.6. The standard InChI is InChI=1S/C6H12ClNO2/c1-3-10-6(9)8-5(2)4-7/h5H,3-4H2,1-2H3,(H,8,9). The minimum atomic E-state index is -0.407. The zero-order valence-electron chi connectivity index (χ0n) is 6.19. The van der Waals surface area contributed by atoms with Gasteiger partial charge in [-0.2, -0.15) is 0 Å². The van der Waals surface area contributed by atoms with Gasteiger partial charge in [-0.25, -0.2) is 4.79 Å². The van der Waals surface area contributed by atoms with E-state index in [0.29, 0.717) is 12.5 Å². The van der Waals surface area contributed by atoms with Gasteiger partial charge in [0.15, 0.2) is 0 Å². The quantitative estimate of drug-likeness (QED) is 0.642. The first-order valence-corrected chi connectivity index (χ1v) is 3.73. The highest BCUT2D eigenvalue weighted by Crippen LogP contribution is 1.86. The van der Waals surface area contributed by atoms with Gasteiger partial charge in [0.1, 0.15) is 0 Å². The maximum Gasteiger partial charge on any atom is 0.407 e. The molecule has 4 heteroatoms. The van der Waals surface area contributed by atoms with Gasteiger partial charge in [-0.05, 0) is 13.8 Å². The number of alkyl carbamates (subject to hydrolysis) is 1. The van der Waals surface area contributed by atoms with Crippen LogP contribution in [-0.2, 0) is 4.74 Å². The topological polar surface area (TPSA) is 38.3 Å². The molecule has 0 radical (unpaired) electrons. The number of carbonyl (C=O) groups is 1. The van der Waals surface area contributed by atoms with Crippen LogP contribution in [0, 0.1) is 0 Å². The Morgan fingerprint density at radius 3 is 2.80 bits per heavy atom. The summed E-state index contributed by atoms with van der Waals surface area (Å²) in [6.07, 6.45) is -0.407. The van der Waals surface area contributed by atoms with Crippen molar-refractivity contribution < 1.29 is 9.53 Å². The van der Waals surface area contributed by atoms with Crippen LogP contribution in [0.1, 0.15) is 13.8 Å². The average molecular weight is 166 g/mol. The maximum absolute atomic E-state index is 10.6. The lowest BCUT2D eigenvalue weighted by Gasteiger charge is -2.08. The van der Waals surface area contributed by atoms with Crippen LogP contribution >= 0.6 is 11.6 Å². The van der Waals surface area contributed by atoms with Gasteiger partial charge >= 0.3 is 6.09 Å². The first-order chi connectivity index (χ1) is 4.70. The summed E-state index contributed by atoms with van der Waals surface area (Å²) in [6, 6.07) is -0.0271. The number of halogens is 1. The number of carbonyl (C=O) groups excluding carboxylic acids is 1. The Morgan fingerprint density at radius 1 is 1.80 bits per heavy atom. The zero-order chi connectivity index (χ0) is 7.98. The fourth-order valence-electron chi connectivity index (χ4n) is 0.413. The largest absolute Gasteiger partial charge is 0.450 e. The molecule has 0 fully saturated rings. The first kappa shape index (κ1) is 9.56. The summed E-state index contributed by atoms with van der Waals surface area (Å²) in [5, 5.41) is 2.54. The van der Waals surface area contributed by atoms with E-state index in [4.69, 9.17) is 11.6 Å². The van der Waals surface area contributed by atoms with Crippen LogP contribution in [0.2, 0.25) is 0 Å². The molecule has 0 spiro atoms. The minimum Gasteiger partial charge on any atom is -0.450 e. The van der Waals surface area contributed by atoms with Crippen molar-refractivity contribution in [2.75, 3.05) is 12.5 Å². The molecule has 0 aliphatic heterocycles. The predicted molar refractivity (Wildman–Crippen MR) is 40.3 cm³/mol. The molecule has 1 N–H and O–H groups in total. The Hall–Kier alpha value is -0.440. The smallest absolute Gasteiger partial charge is 0.407 e. The highest BCUT2D eigenvalue weighted by atomic mass is 35.5. The molecule has 10 heavy (non-hydrogen) atoms. The fourth-order valence-corrected chi connectivity index (χ4v) is 0.490. The first-order valence-electron chi connectivity index (χ1n) is 3.20. The summed E-state index contributed by atoms with van der Waals surface area (Å²) in [5.74, 6) is 0.402. The molecular formula is C6H12ClNO2. The number of nitrogens with one attached hydrogen (secondary N) is 1. The molecule has 0 bridgehead atoms. The summed E-state index contributed by atoms with van der Waals surface area (Å²) >= 11 is 5.43. The van der Waals surface area contributed by atoms with Crippen molar-refractivity contribution in [3.8, 4) is 0 Å². The highest BCUT2D eigenvalue weighted by molar-refractivity contribution is 6.18. The van der Waals surface area contributed by atoms with Gasteiger partial charge in [-0.3, -0.25) is 0 Å². The molecule has 0 heterocycles. The summed E-state index contributed by atoms with van der Waals surface area (Å²) in [4.78, 5) is 10.6. The Labute approximate surface area is 65.7 Å². The second-order valence-corrected chi connectivity index (χ2v) is 2.23. The number of rotatable bonds is 3. The van der Waals surface area contributed by atoms with Crippen LogP contribution in [0.4, 0.5) is 4.79 Å². The van der Waals surface area contributed by atoms with Crippen molar-refractivity contribution in [2.45, 2.75) is 19.9 Å². The van der Waals surface area contributed by atoms with Crippen molar-refractivity contribution in [2.24, 2.45) is 0 Å². The molecular weight excluding hydrogens is 154 g/mol. The van der Waals surface area contributed by atoms with Crippen LogP contribution < -0.4 is 5.32 Å². The van der Waals surface area contributed by atoms with E-state index in [9.17, 15) is 4.79 Å². The fraction of sp³-hybridized carbons (Fsp3) is 0.833. The second-order valence-electron chi connectivity index (χ2n) is 1.92. The zero-order valence-corrected chi connectivity index (χ0v) is 6.94. The Balaban J connectivity index is 3.37. The van der Waals surface area contributed by atoms with E-state index in [2.05, 4.69) is 10.1 Å². The van der Waals surface area contributed by atoms with E-state index in [1.54, 1.807) is 6.92 Å². The summed E-state index contributed by atoms with van der Waals surface area (Å²) in [5.41, 5.74) is 0. The average Bonchev–Trinajstić information content (AvgIpc) is 1.88. The van der Waals surface area contributed by atoms with Crippen LogP contribution in [0.5, 0.6) is 0 Å². The minimum absolute atomic E-state index is 0.0271. The van der Waals surface area contributed by atoms with Crippen molar-refractivity contribution >= 4 is 17.7 Å². The molecule has 0 aromatic carbocycles. The van der Waals surface area contributed by atoms with E-state index in [1.807, 2.05) is 6.92 Å². The summed E-state index contributed by atoms with van der Waals surface area (Å²) in [7, 11) is 0. The lowest BCUT2D eigenvalue weighted by Crippen LogP contribution is -2.34. The SMILES string of the molecule is CCOC(=O)NC(C)CCl. The number of hydrogen-bond donors (Lipinski definition) is 1. The van der Waals surface area contributed by atoms with Gasteiger partial charge in [0.05, 0.1) is 6.61 Å².